The first kappa shape index (κ1) is 23.0. The van der Waals surface area contributed by atoms with Crippen molar-refractivity contribution < 1.29 is 0 Å². The van der Waals surface area contributed by atoms with Crippen LogP contribution < -0.4 is 0 Å². The van der Waals surface area contributed by atoms with Crippen LogP contribution in [0.3, 0.4) is 0 Å². The minimum atomic E-state index is -0.475. The van der Waals surface area contributed by atoms with Gasteiger partial charge in [0.2, 0.25) is 0 Å². The van der Waals surface area contributed by atoms with Gasteiger partial charge in [-0.1, -0.05) is 19.9 Å². The number of rotatable bonds is 10. The van der Waals surface area contributed by atoms with Crippen molar-refractivity contribution in [1.29, 1.82) is 5.26 Å². The van der Waals surface area contributed by atoms with E-state index >= 15 is 0 Å². The van der Waals surface area contributed by atoms with E-state index in [2.05, 4.69) is 52.1 Å². The Morgan fingerprint density at radius 1 is 1.17 bits per heavy atom. The summed E-state index contributed by atoms with van der Waals surface area (Å²) in [6.45, 7) is 18.3. The number of hydrogen-bond acceptors (Lipinski definition) is 5. The van der Waals surface area contributed by atoms with E-state index in [9.17, 15) is 5.26 Å². The minimum absolute atomic E-state index is 0.236. The van der Waals surface area contributed by atoms with Crippen molar-refractivity contribution in [3.05, 3.63) is 50.1 Å². The molecule has 0 amide bonds. The van der Waals surface area contributed by atoms with Gasteiger partial charge in [0.15, 0.2) is 5.69 Å². The molecule has 2 aromatic rings. The maximum Gasteiger partial charge on any atom is 0.198 e. The zero-order chi connectivity index (χ0) is 21.4. The van der Waals surface area contributed by atoms with Crippen LogP contribution in [0.2, 0.25) is 0 Å². The van der Waals surface area contributed by atoms with Crippen LogP contribution in [0.4, 0.5) is 5.69 Å². The van der Waals surface area contributed by atoms with E-state index in [-0.39, 0.29) is 5.92 Å². The molecule has 0 aromatic carbocycles. The fourth-order valence-electron chi connectivity index (χ4n) is 4.30. The first-order chi connectivity index (χ1) is 14.6. The van der Waals surface area contributed by atoms with E-state index in [0.717, 1.165) is 50.4 Å². The molecule has 0 aliphatic carbocycles. The van der Waals surface area contributed by atoms with E-state index < -0.39 is 5.41 Å². The lowest BCUT2D eigenvalue weighted by atomic mass is 9.73. The predicted octanol–water partition coefficient (Wildman–Crippen LogP) is 5.81. The van der Waals surface area contributed by atoms with Gasteiger partial charge in [0.05, 0.1) is 18.1 Å². The first-order valence-electron chi connectivity index (χ1n) is 10.9. The number of nitriles is 1. The normalized spacial score (nSPS) is 17.5. The fourth-order valence-corrected chi connectivity index (χ4v) is 6.21. The van der Waals surface area contributed by atoms with Crippen LogP contribution in [-0.4, -0.2) is 49.1 Å². The van der Waals surface area contributed by atoms with Crippen molar-refractivity contribution in [3.8, 4) is 6.07 Å². The van der Waals surface area contributed by atoms with E-state index in [1.165, 1.54) is 24.3 Å². The van der Waals surface area contributed by atoms with Gasteiger partial charge in [0.1, 0.15) is 0 Å². The molecule has 1 aliphatic rings. The molecule has 160 valence electrons. The van der Waals surface area contributed by atoms with Crippen molar-refractivity contribution in [3.63, 3.8) is 0 Å². The van der Waals surface area contributed by atoms with Crippen molar-refractivity contribution in [1.82, 2.24) is 9.80 Å². The Bertz CT molecular complexity index is 851. The highest BCUT2D eigenvalue weighted by Gasteiger charge is 2.37. The summed E-state index contributed by atoms with van der Waals surface area (Å²) < 4.78 is 0. The Balaban J connectivity index is 1.43. The molecule has 6 heteroatoms. The standard InChI is InChI=1S/C24H32N4S2/c1-20(2)24(19-25,23-17-21(26-3)18-30-23)9-6-11-28-14-12-27(13-15-28)10-4-7-22-8-5-16-29-22/h5,8,16-18,20H,4,6-7,9-15H2,1-2H3. The molecule has 2 aromatic heterocycles. The summed E-state index contributed by atoms with van der Waals surface area (Å²) in [5, 5.41) is 14.1. The maximum absolute atomic E-state index is 10.1. The van der Waals surface area contributed by atoms with Gasteiger partial charge in [-0.3, -0.25) is 0 Å². The maximum atomic E-state index is 10.1. The number of hydrogen-bond donors (Lipinski definition) is 0. The van der Waals surface area contributed by atoms with Crippen LogP contribution in [0.1, 0.15) is 42.9 Å². The van der Waals surface area contributed by atoms with E-state index in [1.807, 2.05) is 22.8 Å². The molecule has 30 heavy (non-hydrogen) atoms. The fraction of sp³-hybridized carbons (Fsp3) is 0.583. The summed E-state index contributed by atoms with van der Waals surface area (Å²) in [6.07, 6.45) is 4.32. The molecule has 0 N–H and O–H groups in total. The third-order valence-corrected chi connectivity index (χ3v) is 8.36. The lowest BCUT2D eigenvalue weighted by Gasteiger charge is -2.36. The molecule has 0 bridgehead atoms. The lowest BCUT2D eigenvalue weighted by molar-refractivity contribution is 0.127. The molecular weight excluding hydrogens is 408 g/mol. The van der Waals surface area contributed by atoms with Gasteiger partial charge in [0, 0.05) is 35.9 Å². The van der Waals surface area contributed by atoms with Gasteiger partial charge in [-0.05, 0) is 67.6 Å². The van der Waals surface area contributed by atoms with E-state index in [0.29, 0.717) is 5.69 Å². The van der Waals surface area contributed by atoms with Crippen molar-refractivity contribution in [2.75, 3.05) is 39.3 Å². The van der Waals surface area contributed by atoms with Crippen LogP contribution in [-0.2, 0) is 11.8 Å². The third kappa shape index (κ3) is 5.71. The van der Waals surface area contributed by atoms with Crippen LogP contribution in [0, 0.1) is 23.8 Å². The second-order valence-electron chi connectivity index (χ2n) is 8.49. The molecule has 1 unspecified atom stereocenters. The van der Waals surface area contributed by atoms with Gasteiger partial charge in [-0.15, -0.1) is 11.3 Å². The Morgan fingerprint density at radius 2 is 1.87 bits per heavy atom. The van der Waals surface area contributed by atoms with Crippen molar-refractivity contribution in [2.24, 2.45) is 5.92 Å². The highest BCUT2D eigenvalue weighted by Crippen LogP contribution is 2.41. The molecular formula is C24H32N4S2. The van der Waals surface area contributed by atoms with Crippen LogP contribution in [0.15, 0.2) is 29.0 Å². The zero-order valence-electron chi connectivity index (χ0n) is 18.1. The Kier molecular flexibility index (Phi) is 8.48. The topological polar surface area (TPSA) is 34.6 Å². The van der Waals surface area contributed by atoms with Gasteiger partial charge in [-0.25, -0.2) is 4.85 Å². The van der Waals surface area contributed by atoms with Crippen LogP contribution >= 0.6 is 22.7 Å². The van der Waals surface area contributed by atoms with Gasteiger partial charge in [0.25, 0.3) is 0 Å². The third-order valence-electron chi connectivity index (χ3n) is 6.33. The van der Waals surface area contributed by atoms with Crippen LogP contribution in [0.25, 0.3) is 4.85 Å². The molecule has 1 saturated heterocycles. The Morgan fingerprint density at radius 3 is 2.40 bits per heavy atom. The smallest absolute Gasteiger partial charge is 0.198 e. The molecule has 1 fully saturated rings. The Labute approximate surface area is 189 Å². The molecule has 3 heterocycles. The summed E-state index contributed by atoms with van der Waals surface area (Å²) >= 11 is 3.43. The molecule has 0 radical (unpaired) electrons. The van der Waals surface area contributed by atoms with Crippen molar-refractivity contribution >= 4 is 28.4 Å². The summed E-state index contributed by atoms with van der Waals surface area (Å²) in [4.78, 5) is 11.2. The number of aryl methyl sites for hydroxylation is 1. The Hall–Kier alpha value is -1.70. The second kappa shape index (κ2) is 11.1. The van der Waals surface area contributed by atoms with E-state index in [4.69, 9.17) is 6.57 Å². The van der Waals surface area contributed by atoms with Crippen molar-refractivity contribution in [2.45, 2.75) is 44.9 Å². The molecule has 1 atom stereocenters. The molecule has 0 saturated carbocycles. The molecule has 4 nitrogen and oxygen atoms in total. The first-order valence-corrected chi connectivity index (χ1v) is 12.7. The van der Waals surface area contributed by atoms with E-state index in [1.54, 1.807) is 11.3 Å². The summed E-state index contributed by atoms with van der Waals surface area (Å²) in [5.41, 5.74) is 0.183. The number of thiophene rings is 2. The van der Waals surface area contributed by atoms with Gasteiger partial charge >= 0.3 is 0 Å². The largest absolute Gasteiger partial charge is 0.301 e. The average Bonchev–Trinajstić information content (AvgIpc) is 3.44. The molecule has 0 spiro atoms. The minimum Gasteiger partial charge on any atom is -0.301 e. The lowest BCUT2D eigenvalue weighted by Crippen LogP contribution is -2.47. The average molecular weight is 441 g/mol. The summed E-state index contributed by atoms with van der Waals surface area (Å²) in [6, 6.07) is 8.93. The predicted molar refractivity (Wildman–Crippen MR) is 127 cm³/mol. The zero-order valence-corrected chi connectivity index (χ0v) is 19.8. The van der Waals surface area contributed by atoms with Gasteiger partial charge < -0.3 is 9.80 Å². The summed E-state index contributed by atoms with van der Waals surface area (Å²) in [7, 11) is 0. The number of piperazine rings is 1. The van der Waals surface area contributed by atoms with Crippen LogP contribution in [0.5, 0.6) is 0 Å². The SMILES string of the molecule is [C-]#[N+]c1csc(C(C#N)(CCCN2CCN(CCCc3cccs3)CC2)C(C)C)c1. The highest BCUT2D eigenvalue weighted by molar-refractivity contribution is 7.10. The van der Waals surface area contributed by atoms with Gasteiger partial charge in [-0.2, -0.15) is 16.6 Å². The second-order valence-corrected chi connectivity index (χ2v) is 10.4. The summed E-state index contributed by atoms with van der Waals surface area (Å²) in [5.74, 6) is 0.236. The number of nitrogens with zero attached hydrogens (tertiary/aromatic N) is 4. The molecule has 1 aliphatic heterocycles. The highest BCUT2D eigenvalue weighted by atomic mass is 32.1. The molecule has 3 rings (SSSR count). The quantitative estimate of drug-likeness (QED) is 0.437. The monoisotopic (exact) mass is 440 g/mol.